The van der Waals surface area contributed by atoms with Gasteiger partial charge in [-0.05, 0) is 63.4 Å². The Kier molecular flexibility index (Phi) is 6.89. The first-order valence-electron chi connectivity index (χ1n) is 11.0. The molecule has 2 amide bonds. The van der Waals surface area contributed by atoms with Crippen LogP contribution in [-0.2, 0) is 0 Å². The summed E-state index contributed by atoms with van der Waals surface area (Å²) in [5.74, 6) is 1.35. The highest BCUT2D eigenvalue weighted by Gasteiger charge is 2.28. The first-order valence-corrected chi connectivity index (χ1v) is 11.8. The van der Waals surface area contributed by atoms with Gasteiger partial charge in [0.05, 0.1) is 18.2 Å². The van der Waals surface area contributed by atoms with Crippen LogP contribution in [0.3, 0.4) is 0 Å². The molecule has 2 saturated heterocycles. The summed E-state index contributed by atoms with van der Waals surface area (Å²) in [6, 6.07) is 8.52. The lowest BCUT2D eigenvalue weighted by Crippen LogP contribution is -2.46. The number of carbonyl (C=O) groups excluding carboxylic acids is 1. The largest absolute Gasteiger partial charge is 0.497 e. The van der Waals surface area contributed by atoms with Gasteiger partial charge in [-0.25, -0.2) is 9.78 Å². The molecule has 2 aliphatic rings. The van der Waals surface area contributed by atoms with E-state index in [0.29, 0.717) is 12.5 Å². The smallest absolute Gasteiger partial charge is 0.317 e. The van der Waals surface area contributed by atoms with Gasteiger partial charge in [-0.15, -0.1) is 11.3 Å². The maximum Gasteiger partial charge on any atom is 0.317 e. The number of urea groups is 1. The third-order valence-corrected chi connectivity index (χ3v) is 7.37. The summed E-state index contributed by atoms with van der Waals surface area (Å²) >= 11 is 1.79. The number of aryl methyl sites for hydroxylation is 1. The molecule has 2 aliphatic heterocycles. The van der Waals surface area contributed by atoms with E-state index in [9.17, 15) is 4.79 Å². The van der Waals surface area contributed by atoms with Crippen LogP contribution in [0.1, 0.15) is 53.1 Å². The van der Waals surface area contributed by atoms with E-state index in [-0.39, 0.29) is 12.1 Å². The number of benzene rings is 1. The molecule has 162 valence electrons. The van der Waals surface area contributed by atoms with Crippen molar-refractivity contribution in [3.05, 3.63) is 45.9 Å². The Bertz CT molecular complexity index is 824. The summed E-state index contributed by atoms with van der Waals surface area (Å²) in [6.45, 7) is 6.51. The van der Waals surface area contributed by atoms with Crippen molar-refractivity contribution in [1.29, 1.82) is 0 Å². The number of rotatable bonds is 6. The van der Waals surface area contributed by atoms with Crippen LogP contribution in [0.2, 0.25) is 0 Å². The number of carbonyl (C=O) groups is 1. The number of likely N-dealkylation sites (tertiary alicyclic amines) is 2. The standard InChI is InChI=1S/C23H32N4O2S/c1-17-15-24-22(30-17)19-9-13-27(14-10-19)23(28)25-16-21(26-11-3-4-12-26)18-5-7-20(29-2)8-6-18/h5-8,15,19,21H,3-4,9-14,16H2,1-2H3,(H,25,28). The van der Waals surface area contributed by atoms with Crippen molar-refractivity contribution < 1.29 is 9.53 Å². The lowest BCUT2D eigenvalue weighted by atomic mass is 9.98. The van der Waals surface area contributed by atoms with E-state index in [0.717, 1.165) is 44.8 Å². The molecule has 0 radical (unpaired) electrons. The third kappa shape index (κ3) is 4.95. The van der Waals surface area contributed by atoms with Crippen molar-refractivity contribution in [3.8, 4) is 5.75 Å². The zero-order valence-corrected chi connectivity index (χ0v) is 18.8. The third-order valence-electron chi connectivity index (χ3n) is 6.30. The van der Waals surface area contributed by atoms with Crippen LogP contribution < -0.4 is 10.1 Å². The van der Waals surface area contributed by atoms with Gasteiger partial charge in [-0.3, -0.25) is 4.90 Å². The van der Waals surface area contributed by atoms with E-state index in [4.69, 9.17) is 4.74 Å². The number of amides is 2. The molecule has 4 rings (SSSR count). The van der Waals surface area contributed by atoms with E-state index < -0.39 is 0 Å². The summed E-state index contributed by atoms with van der Waals surface area (Å²) < 4.78 is 5.30. The zero-order valence-electron chi connectivity index (χ0n) is 18.0. The van der Waals surface area contributed by atoms with Crippen molar-refractivity contribution in [2.24, 2.45) is 0 Å². The predicted molar refractivity (Wildman–Crippen MR) is 120 cm³/mol. The predicted octanol–water partition coefficient (Wildman–Crippen LogP) is 4.19. The Morgan fingerprint density at radius 2 is 1.90 bits per heavy atom. The van der Waals surface area contributed by atoms with Gasteiger partial charge in [-0.1, -0.05) is 12.1 Å². The average Bonchev–Trinajstić information content (AvgIpc) is 3.46. The summed E-state index contributed by atoms with van der Waals surface area (Å²) in [4.78, 5) is 23.1. The Balaban J connectivity index is 1.33. The molecular formula is C23H32N4O2S. The molecule has 1 atom stereocenters. The summed E-state index contributed by atoms with van der Waals surface area (Å²) in [5, 5.41) is 4.44. The number of methoxy groups -OCH3 is 1. The van der Waals surface area contributed by atoms with Crippen molar-refractivity contribution in [2.75, 3.05) is 39.8 Å². The van der Waals surface area contributed by atoms with Gasteiger partial charge in [0, 0.05) is 36.6 Å². The lowest BCUT2D eigenvalue weighted by Gasteiger charge is -2.33. The van der Waals surface area contributed by atoms with E-state index >= 15 is 0 Å². The van der Waals surface area contributed by atoms with Gasteiger partial charge in [-0.2, -0.15) is 0 Å². The fourth-order valence-corrected chi connectivity index (χ4v) is 5.47. The first kappa shape index (κ1) is 21.1. The zero-order chi connectivity index (χ0) is 20.9. The van der Waals surface area contributed by atoms with Crippen LogP contribution in [-0.4, -0.2) is 60.6 Å². The number of thiazole rings is 1. The van der Waals surface area contributed by atoms with Crippen LogP contribution in [0.15, 0.2) is 30.5 Å². The van der Waals surface area contributed by atoms with E-state index in [1.165, 1.54) is 28.3 Å². The van der Waals surface area contributed by atoms with Gasteiger partial charge in [0.2, 0.25) is 0 Å². The molecule has 0 bridgehead atoms. The monoisotopic (exact) mass is 428 g/mol. The lowest BCUT2D eigenvalue weighted by molar-refractivity contribution is 0.174. The molecule has 2 aromatic rings. The fraction of sp³-hybridized carbons (Fsp3) is 0.565. The number of nitrogens with one attached hydrogen (secondary N) is 1. The van der Waals surface area contributed by atoms with Crippen LogP contribution in [0, 0.1) is 6.92 Å². The minimum absolute atomic E-state index is 0.0569. The topological polar surface area (TPSA) is 57.7 Å². The van der Waals surface area contributed by atoms with Crippen LogP contribution >= 0.6 is 11.3 Å². The second-order valence-corrected chi connectivity index (χ2v) is 9.55. The highest BCUT2D eigenvalue weighted by Crippen LogP contribution is 2.31. The minimum atomic E-state index is 0.0569. The quantitative estimate of drug-likeness (QED) is 0.750. The highest BCUT2D eigenvalue weighted by atomic mass is 32.1. The average molecular weight is 429 g/mol. The van der Waals surface area contributed by atoms with Gasteiger partial charge in [0.25, 0.3) is 0 Å². The fourth-order valence-electron chi connectivity index (χ4n) is 4.52. The molecule has 7 heteroatoms. The van der Waals surface area contributed by atoms with Crippen LogP contribution in [0.25, 0.3) is 0 Å². The molecule has 0 spiro atoms. The summed E-state index contributed by atoms with van der Waals surface area (Å²) in [6.07, 6.45) is 6.40. The number of ether oxygens (including phenoxy) is 1. The molecular weight excluding hydrogens is 396 g/mol. The SMILES string of the molecule is COc1ccc(C(CNC(=O)N2CCC(c3ncc(C)s3)CC2)N2CCCC2)cc1. The molecule has 1 aromatic heterocycles. The first-order chi connectivity index (χ1) is 14.6. The normalized spacial score (nSPS) is 19.1. The Hall–Kier alpha value is -2.12. The van der Waals surface area contributed by atoms with Crippen molar-refractivity contribution >= 4 is 17.4 Å². The summed E-state index contributed by atoms with van der Waals surface area (Å²) in [7, 11) is 1.69. The molecule has 0 saturated carbocycles. The van der Waals surface area contributed by atoms with Crippen LogP contribution in [0.5, 0.6) is 5.75 Å². The van der Waals surface area contributed by atoms with E-state index in [1.54, 1.807) is 18.4 Å². The number of hydrogen-bond donors (Lipinski definition) is 1. The van der Waals surface area contributed by atoms with E-state index in [2.05, 4.69) is 34.3 Å². The second-order valence-electron chi connectivity index (χ2n) is 8.29. The van der Waals surface area contributed by atoms with Gasteiger partial charge < -0.3 is 15.0 Å². The molecule has 1 aromatic carbocycles. The number of hydrogen-bond acceptors (Lipinski definition) is 5. The number of piperidine rings is 1. The molecule has 1 unspecified atom stereocenters. The molecule has 3 heterocycles. The highest BCUT2D eigenvalue weighted by molar-refractivity contribution is 7.11. The minimum Gasteiger partial charge on any atom is -0.497 e. The maximum absolute atomic E-state index is 12.9. The van der Waals surface area contributed by atoms with Gasteiger partial charge >= 0.3 is 6.03 Å². The molecule has 0 aliphatic carbocycles. The van der Waals surface area contributed by atoms with Crippen molar-refractivity contribution in [3.63, 3.8) is 0 Å². The Labute approximate surface area is 183 Å². The molecule has 6 nitrogen and oxygen atoms in total. The van der Waals surface area contributed by atoms with Crippen molar-refractivity contribution in [2.45, 2.75) is 44.6 Å². The van der Waals surface area contributed by atoms with E-state index in [1.807, 2.05) is 23.2 Å². The number of nitrogens with zero attached hydrogens (tertiary/aromatic N) is 3. The van der Waals surface area contributed by atoms with Gasteiger partial charge in [0.1, 0.15) is 5.75 Å². The Morgan fingerprint density at radius 1 is 1.20 bits per heavy atom. The summed E-state index contributed by atoms with van der Waals surface area (Å²) in [5.41, 5.74) is 1.23. The maximum atomic E-state index is 12.9. The second kappa shape index (κ2) is 9.79. The number of aromatic nitrogens is 1. The van der Waals surface area contributed by atoms with Crippen molar-refractivity contribution in [1.82, 2.24) is 20.1 Å². The Morgan fingerprint density at radius 3 is 2.50 bits per heavy atom. The molecule has 1 N–H and O–H groups in total. The molecule has 30 heavy (non-hydrogen) atoms. The van der Waals surface area contributed by atoms with Gasteiger partial charge in [0.15, 0.2) is 0 Å². The van der Waals surface area contributed by atoms with Crippen LogP contribution in [0.4, 0.5) is 4.79 Å². The molecule has 2 fully saturated rings.